The standard InChI is InChI=1S/C16H13Cl2NO3S/c1-22-15-11(17)8-10(9-12(15)18)16(20)19-6-7-23(21)14-5-3-2-4-13(14)19/h2-5,8-9H,6-7H2,1H3. The van der Waals surface area contributed by atoms with E-state index in [0.717, 1.165) is 0 Å². The van der Waals surface area contributed by atoms with E-state index in [-0.39, 0.29) is 16.0 Å². The van der Waals surface area contributed by atoms with E-state index in [2.05, 4.69) is 0 Å². The summed E-state index contributed by atoms with van der Waals surface area (Å²) >= 11 is 12.2. The minimum Gasteiger partial charge on any atom is -0.494 e. The Bertz CT molecular complexity index is 787. The number of halogens is 2. The maximum absolute atomic E-state index is 12.8. The van der Waals surface area contributed by atoms with E-state index in [1.54, 1.807) is 17.0 Å². The quantitative estimate of drug-likeness (QED) is 0.809. The number of hydrogen-bond donors (Lipinski definition) is 0. The number of carbonyl (C=O) groups excluding carboxylic acids is 1. The maximum atomic E-state index is 12.8. The maximum Gasteiger partial charge on any atom is 0.258 e. The topological polar surface area (TPSA) is 46.6 Å². The molecule has 4 nitrogen and oxygen atoms in total. The van der Waals surface area contributed by atoms with Crippen LogP contribution in [0.2, 0.25) is 10.0 Å². The molecule has 23 heavy (non-hydrogen) atoms. The molecule has 1 heterocycles. The van der Waals surface area contributed by atoms with Crippen molar-refractivity contribution >= 4 is 45.6 Å². The zero-order valence-corrected chi connectivity index (χ0v) is 14.5. The second kappa shape index (κ2) is 6.51. The lowest BCUT2D eigenvalue weighted by molar-refractivity contribution is 0.0987. The van der Waals surface area contributed by atoms with E-state index >= 15 is 0 Å². The Morgan fingerprint density at radius 3 is 2.52 bits per heavy atom. The first kappa shape index (κ1) is 16.3. The van der Waals surface area contributed by atoms with Gasteiger partial charge in [-0.1, -0.05) is 35.3 Å². The molecule has 0 radical (unpaired) electrons. The van der Waals surface area contributed by atoms with Crippen molar-refractivity contribution in [2.45, 2.75) is 4.90 Å². The lowest BCUT2D eigenvalue weighted by atomic mass is 10.1. The molecule has 0 aliphatic carbocycles. The Labute approximate surface area is 146 Å². The lowest BCUT2D eigenvalue weighted by Gasteiger charge is -2.29. The average Bonchev–Trinajstić information content (AvgIpc) is 2.54. The molecule has 0 N–H and O–H groups in total. The monoisotopic (exact) mass is 369 g/mol. The van der Waals surface area contributed by atoms with Crippen molar-refractivity contribution in [1.29, 1.82) is 0 Å². The first-order chi connectivity index (χ1) is 11.0. The van der Waals surface area contributed by atoms with Crippen LogP contribution < -0.4 is 9.64 Å². The predicted molar refractivity (Wildman–Crippen MR) is 92.4 cm³/mol. The summed E-state index contributed by atoms with van der Waals surface area (Å²) in [6, 6.07) is 10.3. The molecule has 0 aromatic heterocycles. The number of para-hydroxylation sites is 1. The summed E-state index contributed by atoms with van der Waals surface area (Å²) in [6.07, 6.45) is 0. The normalized spacial score (nSPS) is 16.8. The fraction of sp³-hybridized carbons (Fsp3) is 0.188. The summed E-state index contributed by atoms with van der Waals surface area (Å²) in [5, 5.41) is 0.550. The van der Waals surface area contributed by atoms with E-state index in [1.807, 2.05) is 12.1 Å². The van der Waals surface area contributed by atoms with Crippen LogP contribution >= 0.6 is 23.2 Å². The fourth-order valence-corrected chi connectivity index (χ4v) is 4.37. The Morgan fingerprint density at radius 2 is 1.87 bits per heavy atom. The predicted octanol–water partition coefficient (Wildman–Crippen LogP) is 3.77. The molecule has 3 rings (SSSR count). The third-order valence-corrected chi connectivity index (χ3v) is 5.55. The molecule has 0 saturated carbocycles. The highest BCUT2D eigenvalue weighted by molar-refractivity contribution is 7.85. The van der Waals surface area contributed by atoms with E-state index in [1.165, 1.54) is 19.2 Å². The highest BCUT2D eigenvalue weighted by Crippen LogP contribution is 2.35. The number of rotatable bonds is 2. The first-order valence-corrected chi connectivity index (χ1v) is 8.92. The highest BCUT2D eigenvalue weighted by Gasteiger charge is 2.27. The number of nitrogens with zero attached hydrogens (tertiary/aromatic N) is 1. The zero-order valence-electron chi connectivity index (χ0n) is 12.2. The van der Waals surface area contributed by atoms with Crippen LogP contribution in [0.4, 0.5) is 5.69 Å². The van der Waals surface area contributed by atoms with Gasteiger partial charge in [-0.05, 0) is 24.3 Å². The molecule has 1 aliphatic rings. The number of fused-ring (bicyclic) bond motifs is 1. The molecule has 1 amide bonds. The van der Waals surface area contributed by atoms with Crippen LogP contribution in [0, 0.1) is 0 Å². The number of amides is 1. The molecule has 2 aromatic rings. The number of methoxy groups -OCH3 is 1. The van der Waals surface area contributed by atoms with Gasteiger partial charge in [0.05, 0.1) is 38.5 Å². The zero-order chi connectivity index (χ0) is 16.6. The van der Waals surface area contributed by atoms with Crippen LogP contribution in [0.15, 0.2) is 41.3 Å². The molecule has 2 aromatic carbocycles. The van der Waals surface area contributed by atoms with Crippen molar-refractivity contribution in [3.63, 3.8) is 0 Å². The van der Waals surface area contributed by atoms with Gasteiger partial charge in [0, 0.05) is 17.9 Å². The smallest absolute Gasteiger partial charge is 0.258 e. The number of benzene rings is 2. The minimum absolute atomic E-state index is 0.236. The summed E-state index contributed by atoms with van der Waals surface area (Å²) in [5.74, 6) is 0.506. The Kier molecular flexibility index (Phi) is 4.62. The van der Waals surface area contributed by atoms with Gasteiger partial charge in [0.2, 0.25) is 0 Å². The van der Waals surface area contributed by atoms with Crippen LogP contribution in [0.3, 0.4) is 0 Å². The molecular formula is C16H13Cl2NO3S. The number of anilines is 1. The molecule has 0 fully saturated rings. The van der Waals surface area contributed by atoms with Crippen LogP contribution in [-0.4, -0.2) is 29.5 Å². The van der Waals surface area contributed by atoms with E-state index in [9.17, 15) is 9.00 Å². The Hall–Kier alpha value is -1.56. The molecule has 120 valence electrons. The third kappa shape index (κ3) is 2.96. The van der Waals surface area contributed by atoms with Gasteiger partial charge in [-0.2, -0.15) is 0 Å². The first-order valence-electron chi connectivity index (χ1n) is 6.85. The molecule has 1 atom stereocenters. The summed E-state index contributed by atoms with van der Waals surface area (Å²) in [4.78, 5) is 15.1. The van der Waals surface area contributed by atoms with Crippen LogP contribution in [0.5, 0.6) is 5.75 Å². The summed E-state index contributed by atoms with van der Waals surface area (Å²) in [6.45, 7) is 0.379. The van der Waals surface area contributed by atoms with Gasteiger partial charge >= 0.3 is 0 Å². The lowest BCUT2D eigenvalue weighted by Crippen LogP contribution is -2.38. The molecule has 7 heteroatoms. The van der Waals surface area contributed by atoms with Crippen molar-refractivity contribution in [2.24, 2.45) is 0 Å². The van der Waals surface area contributed by atoms with Gasteiger partial charge < -0.3 is 9.64 Å². The molecule has 0 saturated heterocycles. The summed E-state index contributed by atoms with van der Waals surface area (Å²) in [7, 11) is 0.374. The SMILES string of the molecule is COc1c(Cl)cc(C(=O)N2CCS(=O)c3ccccc32)cc1Cl. The fourth-order valence-electron chi connectivity index (χ4n) is 2.52. The van der Waals surface area contributed by atoms with Crippen molar-refractivity contribution in [2.75, 3.05) is 24.3 Å². The van der Waals surface area contributed by atoms with Crippen LogP contribution in [0.1, 0.15) is 10.4 Å². The average molecular weight is 370 g/mol. The molecule has 1 aliphatic heterocycles. The molecule has 0 spiro atoms. The molecular weight excluding hydrogens is 357 g/mol. The second-order valence-electron chi connectivity index (χ2n) is 4.95. The number of hydrogen-bond acceptors (Lipinski definition) is 3. The third-order valence-electron chi connectivity index (χ3n) is 3.60. The second-order valence-corrected chi connectivity index (χ2v) is 7.30. The largest absolute Gasteiger partial charge is 0.494 e. The Morgan fingerprint density at radius 1 is 1.22 bits per heavy atom. The number of ether oxygens (including phenoxy) is 1. The van der Waals surface area contributed by atoms with Gasteiger partial charge in [0.25, 0.3) is 5.91 Å². The van der Waals surface area contributed by atoms with Gasteiger partial charge in [-0.15, -0.1) is 0 Å². The van der Waals surface area contributed by atoms with Gasteiger partial charge in [-0.3, -0.25) is 9.00 Å². The van der Waals surface area contributed by atoms with Gasteiger partial charge in [0.15, 0.2) is 5.75 Å². The van der Waals surface area contributed by atoms with Gasteiger partial charge in [0.1, 0.15) is 0 Å². The summed E-state index contributed by atoms with van der Waals surface area (Å²) in [5.41, 5.74) is 1.02. The highest BCUT2D eigenvalue weighted by atomic mass is 35.5. The van der Waals surface area contributed by atoms with Crippen molar-refractivity contribution < 1.29 is 13.7 Å². The van der Waals surface area contributed by atoms with E-state index in [0.29, 0.717) is 34.2 Å². The van der Waals surface area contributed by atoms with Crippen LogP contribution in [-0.2, 0) is 10.8 Å². The summed E-state index contributed by atoms with van der Waals surface area (Å²) < 4.78 is 17.2. The van der Waals surface area contributed by atoms with Gasteiger partial charge in [-0.25, -0.2) is 0 Å². The van der Waals surface area contributed by atoms with E-state index in [4.69, 9.17) is 27.9 Å². The van der Waals surface area contributed by atoms with Crippen LogP contribution in [0.25, 0.3) is 0 Å². The van der Waals surface area contributed by atoms with Crippen molar-refractivity contribution in [3.8, 4) is 5.75 Å². The molecule has 0 bridgehead atoms. The minimum atomic E-state index is -1.09. The van der Waals surface area contributed by atoms with E-state index < -0.39 is 10.8 Å². The molecule has 1 unspecified atom stereocenters. The Balaban J connectivity index is 2.02. The number of carbonyl (C=O) groups is 1. The van der Waals surface area contributed by atoms with Crippen molar-refractivity contribution in [1.82, 2.24) is 0 Å². The van der Waals surface area contributed by atoms with Crippen molar-refractivity contribution in [3.05, 3.63) is 52.0 Å².